The molecule has 0 fully saturated rings. The smallest absolute Gasteiger partial charge is 0.744 e. The molecule has 3 aromatic heterocycles. The molecule has 5 heterocycles. The summed E-state index contributed by atoms with van der Waals surface area (Å²) >= 11 is 0. The predicted molar refractivity (Wildman–Crippen MR) is 131 cm³/mol. The van der Waals surface area contributed by atoms with Gasteiger partial charge in [-0.3, -0.25) is 0 Å². The fourth-order valence-corrected chi connectivity index (χ4v) is 7.19. The average Bonchev–Trinajstić information content (AvgIpc) is 3.55. The minimum absolute atomic E-state index is 0. The predicted octanol–water partition coefficient (Wildman–Crippen LogP) is -11.7. The summed E-state index contributed by atoms with van der Waals surface area (Å²) in [6.07, 6.45) is 3.48. The van der Waals surface area contributed by atoms with Crippen molar-refractivity contribution in [1.82, 2.24) is 19.9 Å². The van der Waals surface area contributed by atoms with Crippen molar-refractivity contribution in [3.05, 3.63) is 47.0 Å². The molecule has 16 nitrogen and oxygen atoms in total. The fourth-order valence-electron chi connectivity index (χ4n) is 4.15. The molecule has 0 amide bonds. The van der Waals surface area contributed by atoms with Crippen LogP contribution in [0.15, 0.2) is 43.8 Å². The molecule has 24 heteroatoms. The molecule has 2 aliphatic heterocycles. The van der Waals surface area contributed by atoms with E-state index in [1.54, 1.807) is 0 Å². The van der Waals surface area contributed by atoms with Crippen molar-refractivity contribution in [2.45, 2.75) is 19.6 Å². The molecule has 0 spiro atoms. The van der Waals surface area contributed by atoms with Crippen LogP contribution in [0.5, 0.6) is 0 Å². The summed E-state index contributed by atoms with van der Waals surface area (Å²) in [4.78, 5) is 7.84. The summed E-state index contributed by atoms with van der Waals surface area (Å²) in [6, 6.07) is 3.68. The first-order valence-electron chi connectivity index (χ1n) is 10.4. The minimum Gasteiger partial charge on any atom is -0.744 e. The van der Waals surface area contributed by atoms with E-state index < -0.39 is 105 Å². The Labute approximate surface area is 338 Å². The Kier molecular flexibility index (Phi) is 14.2. The molecule has 0 aliphatic carbocycles. The van der Waals surface area contributed by atoms with Crippen LogP contribution in [0.2, 0.25) is 0 Å². The van der Waals surface area contributed by atoms with Crippen molar-refractivity contribution in [2.75, 3.05) is 0 Å². The molecule has 0 aromatic carbocycles. The van der Waals surface area contributed by atoms with Gasteiger partial charge in [-0.15, -0.1) is 0 Å². The Balaban J connectivity index is 0.00000242. The number of H-pyrrole nitrogens is 2. The first-order valence-corrected chi connectivity index (χ1v) is 16.0. The van der Waals surface area contributed by atoms with Gasteiger partial charge in [-0.1, -0.05) is 0 Å². The Morgan fingerprint density at radius 3 is 0.886 bits per heavy atom. The summed E-state index contributed by atoms with van der Waals surface area (Å²) in [5.74, 6) is 0. The normalized spacial score (nSPS) is 12.8. The third-order valence-corrected chi connectivity index (χ3v) is 9.28. The van der Waals surface area contributed by atoms with E-state index in [4.69, 9.17) is 0 Å². The van der Waals surface area contributed by atoms with Gasteiger partial charge in [-0.25, -0.2) is 43.6 Å². The van der Waals surface area contributed by atoms with E-state index in [0.29, 0.717) is 0 Å². The number of nitrogens with zero attached hydrogens (tertiary/aromatic N) is 2. The Bertz CT molecular complexity index is 2200. The molecular formula is C20H10N4Na4O12S4. The summed E-state index contributed by atoms with van der Waals surface area (Å²) in [5, 5.41) is 0. The van der Waals surface area contributed by atoms with Crippen LogP contribution in [0.4, 0.5) is 0 Å². The van der Waals surface area contributed by atoms with Gasteiger partial charge in [0.05, 0.1) is 44.8 Å². The van der Waals surface area contributed by atoms with Gasteiger partial charge in [0.15, 0.2) is 0 Å². The SMILES string of the molecule is O=S(=O)([O-])c1c2nc(c(S(=O)(=O)[O-])c3ccc([nH]3)c(S(=O)(=O)[O-])c3ccc([nH]3)c(S(=O)(=O)[O-])c3nc1C=C3)C=C2.[Na+].[Na+].[Na+].[Na+]. The maximum atomic E-state index is 12.2. The molecule has 44 heavy (non-hydrogen) atoms. The van der Waals surface area contributed by atoms with Crippen molar-refractivity contribution in [1.29, 1.82) is 0 Å². The zero-order chi connectivity index (χ0) is 29.4. The van der Waals surface area contributed by atoms with Crippen LogP contribution in [0, 0.1) is 0 Å². The number of hydrogen-bond donors (Lipinski definition) is 2. The second-order valence-electron chi connectivity index (χ2n) is 8.14. The van der Waals surface area contributed by atoms with Gasteiger partial charge >= 0.3 is 118 Å². The average molecular weight is 719 g/mol. The molecule has 0 saturated carbocycles. The maximum Gasteiger partial charge on any atom is 1.00 e. The second-order valence-corrected chi connectivity index (χ2v) is 13.4. The van der Waals surface area contributed by atoms with Gasteiger partial charge in [0, 0.05) is 0 Å². The number of aromatic nitrogens is 4. The van der Waals surface area contributed by atoms with Crippen LogP contribution >= 0.6 is 0 Å². The van der Waals surface area contributed by atoms with Crippen LogP contribution < -0.4 is 118 Å². The van der Waals surface area contributed by atoms with E-state index >= 15 is 0 Å². The summed E-state index contributed by atoms with van der Waals surface area (Å²) in [7, 11) is -21.7. The maximum absolute atomic E-state index is 12.2. The van der Waals surface area contributed by atoms with Gasteiger partial charge in [0.2, 0.25) is 0 Å². The molecule has 3 aromatic rings. The zero-order valence-corrected chi connectivity index (χ0v) is 34.3. The van der Waals surface area contributed by atoms with Crippen LogP contribution in [0.1, 0.15) is 22.8 Å². The third kappa shape index (κ3) is 8.44. The van der Waals surface area contributed by atoms with E-state index in [0.717, 1.165) is 48.6 Å². The first-order chi connectivity index (χ1) is 18.4. The number of rotatable bonds is 4. The van der Waals surface area contributed by atoms with Crippen molar-refractivity contribution < 1.29 is 170 Å². The summed E-state index contributed by atoms with van der Waals surface area (Å²) in [6.45, 7) is 0. The molecule has 8 bridgehead atoms. The Hall–Kier alpha value is 0.240. The van der Waals surface area contributed by atoms with E-state index in [1.165, 1.54) is 0 Å². The molecule has 2 aliphatic rings. The first kappa shape index (κ1) is 42.3. The van der Waals surface area contributed by atoms with E-state index in [2.05, 4.69) is 19.9 Å². The van der Waals surface area contributed by atoms with Gasteiger partial charge in [0.25, 0.3) is 0 Å². The van der Waals surface area contributed by atoms with Gasteiger partial charge in [-0.2, -0.15) is 0 Å². The molecule has 0 unspecified atom stereocenters. The van der Waals surface area contributed by atoms with Crippen LogP contribution in [0.25, 0.3) is 46.4 Å². The number of hydrogen-bond acceptors (Lipinski definition) is 14. The molecule has 2 N–H and O–H groups in total. The van der Waals surface area contributed by atoms with E-state index in [-0.39, 0.29) is 118 Å². The van der Waals surface area contributed by atoms with Crippen molar-refractivity contribution in [3.8, 4) is 0 Å². The Morgan fingerprint density at radius 2 is 0.636 bits per heavy atom. The minimum atomic E-state index is -5.45. The fraction of sp³-hybridized carbons (Fsp3) is 0. The van der Waals surface area contributed by atoms with Gasteiger partial charge in [0.1, 0.15) is 60.1 Å². The largest absolute Gasteiger partial charge is 1.00 e. The Morgan fingerprint density at radius 1 is 0.409 bits per heavy atom. The molecule has 210 valence electrons. The summed E-state index contributed by atoms with van der Waals surface area (Å²) < 4.78 is 146. The van der Waals surface area contributed by atoms with Crippen molar-refractivity contribution in [3.63, 3.8) is 0 Å². The molecule has 0 atom stereocenters. The quantitative estimate of drug-likeness (QED) is 0.129. The van der Waals surface area contributed by atoms with E-state index in [1.807, 2.05) is 0 Å². The van der Waals surface area contributed by atoms with Gasteiger partial charge in [-0.05, 0) is 48.6 Å². The number of fused-ring (bicyclic) bond motifs is 8. The summed E-state index contributed by atoms with van der Waals surface area (Å²) in [5.41, 5.74) is -4.92. The molecule has 0 radical (unpaired) electrons. The van der Waals surface area contributed by atoms with Gasteiger partial charge < -0.3 is 28.2 Å². The van der Waals surface area contributed by atoms with Crippen LogP contribution in [0.3, 0.4) is 0 Å². The molecule has 0 saturated heterocycles. The zero-order valence-electron chi connectivity index (χ0n) is 23.0. The topological polar surface area (TPSA) is 286 Å². The van der Waals surface area contributed by atoms with Crippen molar-refractivity contribution >= 4 is 86.8 Å². The third-order valence-electron chi connectivity index (χ3n) is 5.56. The number of aromatic amines is 2. The van der Waals surface area contributed by atoms with E-state index in [9.17, 15) is 51.9 Å². The number of nitrogens with one attached hydrogen (secondary N) is 2. The van der Waals surface area contributed by atoms with Crippen LogP contribution in [-0.2, 0) is 40.5 Å². The van der Waals surface area contributed by atoms with Crippen molar-refractivity contribution in [2.24, 2.45) is 0 Å². The second kappa shape index (κ2) is 14.8. The van der Waals surface area contributed by atoms with Crippen LogP contribution in [-0.4, -0.2) is 71.8 Å². The molecular weight excluding hydrogens is 708 g/mol. The standard InChI is InChI=1S/C20H14N4O12S4.4Na/c25-37(26,27)17-9-1-2-10(21-9)18(38(28,29)30)12-5-6-14(23-12)20(40(34,35)36)16-8-7-15(24-16)19(39(31,32)33)13-4-3-11(17)22-13;;;;/h1-8,21-22H,(H,25,26,27)(H,28,29,30)(H,31,32,33)(H,34,35,36);;;;/q;4*+1/p-4. The molecule has 5 rings (SSSR count). The monoisotopic (exact) mass is 718 g/mol.